The van der Waals surface area contributed by atoms with Gasteiger partial charge in [0.05, 0.1) is 6.67 Å². The summed E-state index contributed by atoms with van der Waals surface area (Å²) in [6.45, 7) is 6.13. The fourth-order valence-electron chi connectivity index (χ4n) is 1.33. The number of hydrogen-bond acceptors (Lipinski definition) is 3. The van der Waals surface area contributed by atoms with Crippen LogP contribution in [0.2, 0.25) is 0 Å². The zero-order valence-corrected chi connectivity index (χ0v) is 9.09. The van der Waals surface area contributed by atoms with Crippen LogP contribution in [-0.2, 0) is 0 Å². The summed E-state index contributed by atoms with van der Waals surface area (Å²) >= 11 is 0. The number of hydrogen-bond donors (Lipinski definition) is 1. The second-order valence-corrected chi connectivity index (χ2v) is 3.21. The van der Waals surface area contributed by atoms with Crippen molar-refractivity contribution in [2.24, 2.45) is 5.73 Å². The van der Waals surface area contributed by atoms with Crippen LogP contribution in [0.15, 0.2) is 12.4 Å². The van der Waals surface area contributed by atoms with Gasteiger partial charge >= 0.3 is 0 Å². The lowest BCUT2D eigenvalue weighted by molar-refractivity contribution is 0.267. The largest absolute Gasteiger partial charge is 0.359 e. The molecule has 0 aromatic heterocycles. The summed E-state index contributed by atoms with van der Waals surface area (Å²) in [4.78, 5) is 4.58. The summed E-state index contributed by atoms with van der Waals surface area (Å²) in [7, 11) is 0. The highest BCUT2D eigenvalue weighted by atomic mass is 35.5. The van der Waals surface area contributed by atoms with E-state index in [0.29, 0.717) is 0 Å². The van der Waals surface area contributed by atoms with Gasteiger partial charge in [-0.05, 0) is 6.42 Å². The van der Waals surface area contributed by atoms with Gasteiger partial charge in [-0.25, -0.2) is 0 Å². The predicted octanol–water partition coefficient (Wildman–Crippen LogP) is 1.21. The molecule has 0 unspecified atom stereocenters. The van der Waals surface area contributed by atoms with Crippen LogP contribution in [0.1, 0.15) is 19.8 Å². The Bertz CT molecular complexity index is 150. The first-order chi connectivity index (χ1) is 5.86. The molecule has 13 heavy (non-hydrogen) atoms. The lowest BCUT2D eigenvalue weighted by Crippen LogP contribution is -2.29. The molecule has 0 spiro atoms. The summed E-state index contributed by atoms with van der Waals surface area (Å²) in [5.74, 6) is 0. The molecule has 0 atom stereocenters. The fraction of sp³-hybridized carbons (Fsp3) is 0.778. The van der Waals surface area contributed by atoms with Crippen LogP contribution in [0.4, 0.5) is 0 Å². The molecule has 0 radical (unpaired) electrons. The van der Waals surface area contributed by atoms with E-state index in [1.807, 2.05) is 0 Å². The second-order valence-electron chi connectivity index (χ2n) is 3.21. The predicted molar refractivity (Wildman–Crippen MR) is 58.6 cm³/mol. The maximum Gasteiger partial charge on any atom is 0.0894 e. The molecular formula is C9H20ClN3. The van der Waals surface area contributed by atoms with E-state index in [9.17, 15) is 0 Å². The minimum atomic E-state index is 0. The highest BCUT2D eigenvalue weighted by Crippen LogP contribution is 2.06. The molecule has 3 nitrogen and oxygen atoms in total. The van der Waals surface area contributed by atoms with Gasteiger partial charge in [0.25, 0.3) is 0 Å². The molecule has 0 amide bonds. The molecule has 0 aliphatic carbocycles. The topological polar surface area (TPSA) is 32.5 Å². The molecular weight excluding hydrogens is 186 g/mol. The SMILES string of the molecule is CCCCN1C=CN(CCN)C1.Cl. The Morgan fingerprint density at radius 3 is 2.38 bits per heavy atom. The smallest absolute Gasteiger partial charge is 0.0894 e. The average Bonchev–Trinajstić information content (AvgIpc) is 2.50. The minimum Gasteiger partial charge on any atom is -0.359 e. The average molecular weight is 206 g/mol. The fourth-order valence-corrected chi connectivity index (χ4v) is 1.33. The Kier molecular flexibility index (Phi) is 6.82. The van der Waals surface area contributed by atoms with E-state index in [0.717, 1.165) is 19.8 Å². The monoisotopic (exact) mass is 205 g/mol. The molecule has 0 bridgehead atoms. The van der Waals surface area contributed by atoms with Gasteiger partial charge in [0.2, 0.25) is 0 Å². The van der Waals surface area contributed by atoms with Crippen molar-refractivity contribution in [3.63, 3.8) is 0 Å². The number of rotatable bonds is 5. The molecule has 1 rings (SSSR count). The normalized spacial score (nSPS) is 14.9. The Balaban J connectivity index is 0.00000144. The number of nitrogens with zero attached hydrogens (tertiary/aromatic N) is 2. The van der Waals surface area contributed by atoms with Crippen LogP contribution in [0, 0.1) is 0 Å². The quantitative estimate of drug-likeness (QED) is 0.733. The molecule has 0 saturated heterocycles. The van der Waals surface area contributed by atoms with Crippen molar-refractivity contribution < 1.29 is 0 Å². The molecule has 4 heteroatoms. The highest BCUT2D eigenvalue weighted by Gasteiger charge is 2.09. The van der Waals surface area contributed by atoms with Crippen LogP contribution in [0.3, 0.4) is 0 Å². The van der Waals surface area contributed by atoms with Crippen LogP contribution in [0.25, 0.3) is 0 Å². The van der Waals surface area contributed by atoms with E-state index in [1.54, 1.807) is 0 Å². The van der Waals surface area contributed by atoms with Gasteiger partial charge in [0, 0.05) is 32.0 Å². The van der Waals surface area contributed by atoms with Crippen molar-refractivity contribution in [2.75, 3.05) is 26.3 Å². The third-order valence-corrected chi connectivity index (χ3v) is 2.07. The van der Waals surface area contributed by atoms with Crippen LogP contribution in [0.5, 0.6) is 0 Å². The van der Waals surface area contributed by atoms with Gasteiger partial charge in [-0.3, -0.25) is 0 Å². The summed E-state index contributed by atoms with van der Waals surface area (Å²) in [6.07, 6.45) is 6.83. The third kappa shape index (κ3) is 4.39. The lowest BCUT2D eigenvalue weighted by atomic mass is 10.3. The second kappa shape index (κ2) is 7.04. The van der Waals surface area contributed by atoms with Gasteiger partial charge in [0.15, 0.2) is 0 Å². The highest BCUT2D eigenvalue weighted by molar-refractivity contribution is 5.85. The first-order valence-electron chi connectivity index (χ1n) is 4.73. The molecule has 0 aromatic carbocycles. The minimum absolute atomic E-state index is 0. The molecule has 0 fully saturated rings. The first kappa shape index (κ1) is 12.6. The van der Waals surface area contributed by atoms with Gasteiger partial charge in [-0.2, -0.15) is 0 Å². The molecule has 1 aliphatic rings. The van der Waals surface area contributed by atoms with Crippen molar-refractivity contribution in [1.82, 2.24) is 9.80 Å². The number of halogens is 1. The van der Waals surface area contributed by atoms with Crippen molar-refractivity contribution in [3.05, 3.63) is 12.4 Å². The van der Waals surface area contributed by atoms with Crippen molar-refractivity contribution in [2.45, 2.75) is 19.8 Å². The maximum atomic E-state index is 5.46. The van der Waals surface area contributed by atoms with E-state index in [2.05, 4.69) is 29.1 Å². The van der Waals surface area contributed by atoms with Crippen molar-refractivity contribution in [3.8, 4) is 0 Å². The third-order valence-electron chi connectivity index (χ3n) is 2.07. The van der Waals surface area contributed by atoms with E-state index in [1.165, 1.54) is 19.4 Å². The van der Waals surface area contributed by atoms with Crippen LogP contribution >= 0.6 is 12.4 Å². The zero-order chi connectivity index (χ0) is 8.81. The van der Waals surface area contributed by atoms with E-state index in [-0.39, 0.29) is 12.4 Å². The maximum absolute atomic E-state index is 5.46. The molecule has 1 aliphatic heterocycles. The Morgan fingerprint density at radius 1 is 1.23 bits per heavy atom. The summed E-state index contributed by atoms with van der Waals surface area (Å²) in [6, 6.07) is 0. The molecule has 0 saturated carbocycles. The zero-order valence-electron chi connectivity index (χ0n) is 8.28. The van der Waals surface area contributed by atoms with E-state index < -0.39 is 0 Å². The summed E-state index contributed by atoms with van der Waals surface area (Å²) in [5, 5.41) is 0. The molecule has 78 valence electrons. The molecule has 0 aromatic rings. The first-order valence-corrected chi connectivity index (χ1v) is 4.73. The van der Waals surface area contributed by atoms with Crippen molar-refractivity contribution >= 4 is 12.4 Å². The van der Waals surface area contributed by atoms with Gasteiger partial charge in [0.1, 0.15) is 0 Å². The molecule has 2 N–H and O–H groups in total. The van der Waals surface area contributed by atoms with Gasteiger partial charge in [-0.1, -0.05) is 13.3 Å². The van der Waals surface area contributed by atoms with E-state index >= 15 is 0 Å². The van der Waals surface area contributed by atoms with Gasteiger partial charge < -0.3 is 15.5 Å². The Labute approximate surface area is 87.0 Å². The van der Waals surface area contributed by atoms with E-state index in [4.69, 9.17) is 5.73 Å². The van der Waals surface area contributed by atoms with Crippen LogP contribution in [-0.4, -0.2) is 36.1 Å². The standard InChI is InChI=1S/C9H19N3.ClH/c1-2-3-5-11-7-8-12(9-11)6-4-10;/h7-8H,2-6,9-10H2,1H3;1H. The number of nitrogens with two attached hydrogens (primary N) is 1. The van der Waals surface area contributed by atoms with Gasteiger partial charge in [-0.15, -0.1) is 12.4 Å². The Morgan fingerprint density at radius 2 is 1.85 bits per heavy atom. The number of unbranched alkanes of at least 4 members (excludes halogenated alkanes) is 1. The molecule has 1 heterocycles. The summed E-state index contributed by atoms with van der Waals surface area (Å²) < 4.78 is 0. The van der Waals surface area contributed by atoms with Crippen LogP contribution < -0.4 is 5.73 Å². The Hall–Kier alpha value is -0.410. The lowest BCUT2D eigenvalue weighted by Gasteiger charge is -2.20. The van der Waals surface area contributed by atoms with Crippen molar-refractivity contribution in [1.29, 1.82) is 0 Å². The summed E-state index contributed by atoms with van der Waals surface area (Å²) in [5.41, 5.74) is 5.46.